The number of aromatic nitrogens is 1. The molecular formula is C11H14BrIN2O. The summed E-state index contributed by atoms with van der Waals surface area (Å²) < 4.78 is 2.01. The van der Waals surface area contributed by atoms with Crippen molar-refractivity contribution < 1.29 is 4.79 Å². The van der Waals surface area contributed by atoms with Crippen molar-refractivity contribution in [1.29, 1.82) is 0 Å². The molecule has 0 saturated carbocycles. The first kappa shape index (κ1) is 13.9. The molecule has 0 aromatic carbocycles. The van der Waals surface area contributed by atoms with E-state index in [0.29, 0.717) is 5.56 Å². The van der Waals surface area contributed by atoms with E-state index in [1.165, 1.54) is 17.3 Å². The number of nitrogens with one attached hydrogen (secondary N) is 1. The third-order valence-electron chi connectivity index (χ3n) is 2.06. The minimum atomic E-state index is -0.0525. The lowest BCUT2D eigenvalue weighted by molar-refractivity contribution is 0.0952. The van der Waals surface area contributed by atoms with Gasteiger partial charge in [-0.2, -0.15) is 0 Å². The van der Waals surface area contributed by atoms with Crippen molar-refractivity contribution in [3.05, 3.63) is 28.5 Å². The largest absolute Gasteiger partial charge is 0.352 e. The summed E-state index contributed by atoms with van der Waals surface area (Å²) in [7, 11) is 0. The Balaban J connectivity index is 2.30. The number of nitrogens with zero attached hydrogens (tertiary/aromatic N) is 1. The Kier molecular flexibility index (Phi) is 6.95. The minimum Gasteiger partial charge on any atom is -0.352 e. The third-order valence-corrected chi connectivity index (χ3v) is 3.26. The molecule has 3 nitrogen and oxygen atoms in total. The number of halogens is 2. The molecule has 0 fully saturated rings. The molecule has 1 heterocycles. The number of carbonyl (C=O) groups is 1. The average molecular weight is 397 g/mol. The van der Waals surface area contributed by atoms with Gasteiger partial charge in [-0.1, -0.05) is 29.0 Å². The summed E-state index contributed by atoms with van der Waals surface area (Å²) in [5.41, 5.74) is 0.600. The van der Waals surface area contributed by atoms with Crippen LogP contribution in [-0.4, -0.2) is 21.9 Å². The lowest BCUT2D eigenvalue weighted by Gasteiger charge is -2.04. The molecule has 0 unspecified atom stereocenters. The first-order valence-electron chi connectivity index (χ1n) is 5.19. The van der Waals surface area contributed by atoms with E-state index in [-0.39, 0.29) is 5.91 Å². The molecule has 0 spiro atoms. The van der Waals surface area contributed by atoms with E-state index in [1.807, 2.05) is 0 Å². The van der Waals surface area contributed by atoms with Crippen LogP contribution in [0.2, 0.25) is 0 Å². The molecule has 16 heavy (non-hydrogen) atoms. The molecule has 1 amide bonds. The maximum atomic E-state index is 11.7. The van der Waals surface area contributed by atoms with Crippen LogP contribution in [0.4, 0.5) is 0 Å². The Labute approximate surface area is 118 Å². The molecule has 1 aromatic heterocycles. The number of pyridine rings is 1. The summed E-state index contributed by atoms with van der Waals surface area (Å²) in [6, 6.07) is 1.77. The molecule has 0 bridgehead atoms. The average Bonchev–Trinajstić information content (AvgIpc) is 2.28. The predicted molar refractivity (Wildman–Crippen MR) is 77.0 cm³/mol. The van der Waals surface area contributed by atoms with Crippen molar-refractivity contribution in [2.75, 3.05) is 11.0 Å². The van der Waals surface area contributed by atoms with Gasteiger partial charge in [-0.05, 0) is 39.3 Å². The van der Waals surface area contributed by atoms with E-state index >= 15 is 0 Å². The molecule has 88 valence electrons. The van der Waals surface area contributed by atoms with Crippen molar-refractivity contribution >= 4 is 44.4 Å². The zero-order valence-corrected chi connectivity index (χ0v) is 12.6. The van der Waals surface area contributed by atoms with Crippen LogP contribution in [0.5, 0.6) is 0 Å². The highest BCUT2D eigenvalue weighted by atomic mass is 127. The maximum Gasteiger partial charge on any atom is 0.252 e. The maximum absolute atomic E-state index is 11.7. The second kappa shape index (κ2) is 8.00. The summed E-state index contributed by atoms with van der Waals surface area (Å²) in [5.74, 6) is -0.0525. The topological polar surface area (TPSA) is 42.0 Å². The van der Waals surface area contributed by atoms with Crippen LogP contribution in [0, 0.1) is 0 Å². The highest BCUT2D eigenvalue weighted by Crippen LogP contribution is 2.09. The Morgan fingerprint density at radius 1 is 1.38 bits per heavy atom. The van der Waals surface area contributed by atoms with Gasteiger partial charge in [0.2, 0.25) is 0 Å². The summed E-state index contributed by atoms with van der Waals surface area (Å²) in [5, 5.41) is 2.88. The second-order valence-corrected chi connectivity index (χ2v) is 5.39. The first-order chi connectivity index (χ1) is 7.74. The SMILES string of the molecule is O=C(NCCCCCI)c1cncc(Br)c1. The van der Waals surface area contributed by atoms with Crippen LogP contribution < -0.4 is 5.32 Å². The number of amides is 1. The number of alkyl halides is 1. The van der Waals surface area contributed by atoms with E-state index in [0.717, 1.165) is 17.4 Å². The molecular weight excluding hydrogens is 383 g/mol. The fourth-order valence-corrected chi connectivity index (χ4v) is 2.14. The number of rotatable bonds is 6. The van der Waals surface area contributed by atoms with Crippen molar-refractivity contribution in [1.82, 2.24) is 10.3 Å². The first-order valence-corrected chi connectivity index (χ1v) is 7.50. The highest BCUT2D eigenvalue weighted by Gasteiger charge is 2.04. The van der Waals surface area contributed by atoms with Gasteiger partial charge in [0.15, 0.2) is 0 Å². The van der Waals surface area contributed by atoms with Crippen LogP contribution >= 0.6 is 38.5 Å². The van der Waals surface area contributed by atoms with E-state index in [4.69, 9.17) is 0 Å². The summed E-state index contributed by atoms with van der Waals surface area (Å²) in [4.78, 5) is 15.6. The van der Waals surface area contributed by atoms with Gasteiger partial charge in [0.05, 0.1) is 5.56 Å². The normalized spacial score (nSPS) is 10.1. The standard InChI is InChI=1S/C11H14BrIN2O/c12-10-6-9(7-14-8-10)11(16)15-5-3-1-2-4-13/h6-8H,1-5H2,(H,15,16). The minimum absolute atomic E-state index is 0.0525. The van der Waals surface area contributed by atoms with Gasteiger partial charge in [0.1, 0.15) is 0 Å². The predicted octanol–water partition coefficient (Wildman–Crippen LogP) is 3.18. The summed E-state index contributed by atoms with van der Waals surface area (Å²) in [6.07, 6.45) is 6.66. The molecule has 5 heteroatoms. The number of carbonyl (C=O) groups excluding carboxylic acids is 1. The van der Waals surface area contributed by atoms with Gasteiger partial charge in [0.25, 0.3) is 5.91 Å². The molecule has 1 aromatic rings. The van der Waals surface area contributed by atoms with Crippen LogP contribution in [-0.2, 0) is 0 Å². The van der Waals surface area contributed by atoms with Crippen molar-refractivity contribution in [2.45, 2.75) is 19.3 Å². The molecule has 1 N–H and O–H groups in total. The zero-order chi connectivity index (χ0) is 11.8. The van der Waals surface area contributed by atoms with Gasteiger partial charge in [-0.25, -0.2) is 0 Å². The molecule has 1 rings (SSSR count). The number of unbranched alkanes of at least 4 members (excludes halogenated alkanes) is 2. The lowest BCUT2D eigenvalue weighted by Crippen LogP contribution is -2.24. The lowest BCUT2D eigenvalue weighted by atomic mass is 10.2. The van der Waals surface area contributed by atoms with Gasteiger partial charge >= 0.3 is 0 Å². The monoisotopic (exact) mass is 396 g/mol. The molecule has 0 aliphatic carbocycles. The molecule has 0 atom stereocenters. The Morgan fingerprint density at radius 2 is 2.19 bits per heavy atom. The smallest absolute Gasteiger partial charge is 0.252 e. The van der Waals surface area contributed by atoms with Gasteiger partial charge < -0.3 is 5.32 Å². The van der Waals surface area contributed by atoms with Gasteiger partial charge in [-0.3, -0.25) is 9.78 Å². The fraction of sp³-hybridized carbons (Fsp3) is 0.455. The number of hydrogen-bond donors (Lipinski definition) is 1. The molecule has 0 aliphatic rings. The van der Waals surface area contributed by atoms with Crippen LogP contribution in [0.25, 0.3) is 0 Å². The molecule has 0 saturated heterocycles. The van der Waals surface area contributed by atoms with Crippen LogP contribution in [0.15, 0.2) is 22.9 Å². The van der Waals surface area contributed by atoms with Gasteiger partial charge in [-0.15, -0.1) is 0 Å². The highest BCUT2D eigenvalue weighted by molar-refractivity contribution is 14.1. The zero-order valence-electron chi connectivity index (χ0n) is 8.88. The molecule has 0 radical (unpaired) electrons. The Hall–Kier alpha value is -0.170. The van der Waals surface area contributed by atoms with Gasteiger partial charge in [0, 0.05) is 23.4 Å². The second-order valence-electron chi connectivity index (χ2n) is 3.40. The summed E-state index contributed by atoms with van der Waals surface area (Å²) in [6.45, 7) is 0.738. The van der Waals surface area contributed by atoms with Crippen LogP contribution in [0.3, 0.4) is 0 Å². The van der Waals surface area contributed by atoms with E-state index in [1.54, 1.807) is 18.5 Å². The quantitative estimate of drug-likeness (QED) is 0.455. The molecule has 0 aliphatic heterocycles. The van der Waals surface area contributed by atoms with Crippen molar-refractivity contribution in [3.8, 4) is 0 Å². The van der Waals surface area contributed by atoms with Crippen LogP contribution in [0.1, 0.15) is 29.6 Å². The summed E-state index contributed by atoms with van der Waals surface area (Å²) >= 11 is 5.65. The fourth-order valence-electron chi connectivity index (χ4n) is 1.24. The van der Waals surface area contributed by atoms with E-state index in [9.17, 15) is 4.79 Å². The Bertz CT molecular complexity index is 347. The van der Waals surface area contributed by atoms with E-state index in [2.05, 4.69) is 48.8 Å². The number of hydrogen-bond acceptors (Lipinski definition) is 2. The van der Waals surface area contributed by atoms with Crippen molar-refractivity contribution in [2.24, 2.45) is 0 Å². The third kappa shape index (κ3) is 5.25. The van der Waals surface area contributed by atoms with E-state index < -0.39 is 0 Å². The van der Waals surface area contributed by atoms with Crippen molar-refractivity contribution in [3.63, 3.8) is 0 Å². The Morgan fingerprint density at radius 3 is 2.88 bits per heavy atom.